The summed E-state index contributed by atoms with van der Waals surface area (Å²) in [4.78, 5) is 36.6. The van der Waals surface area contributed by atoms with Gasteiger partial charge in [0.2, 0.25) is 11.8 Å². The van der Waals surface area contributed by atoms with Crippen LogP contribution in [-0.4, -0.2) is 30.3 Å². The summed E-state index contributed by atoms with van der Waals surface area (Å²) in [6.45, 7) is 9.15. The van der Waals surface area contributed by atoms with Crippen molar-refractivity contribution in [2.24, 2.45) is 0 Å². The summed E-state index contributed by atoms with van der Waals surface area (Å²) in [5, 5.41) is 8.03. The van der Waals surface area contributed by atoms with Crippen LogP contribution in [0.15, 0.2) is 36.4 Å². The Labute approximate surface area is 165 Å². The maximum Gasteiger partial charge on any atom is 0.251 e. The predicted molar refractivity (Wildman–Crippen MR) is 110 cm³/mol. The molecule has 148 valence electrons. The molecule has 2 aromatic carbocycles. The zero-order valence-corrected chi connectivity index (χ0v) is 17.0. The third-order valence-electron chi connectivity index (χ3n) is 4.39. The van der Waals surface area contributed by atoms with Crippen molar-refractivity contribution in [1.82, 2.24) is 10.6 Å². The highest BCUT2D eigenvalue weighted by molar-refractivity contribution is 5.99. The van der Waals surface area contributed by atoms with E-state index in [1.165, 1.54) is 0 Å². The summed E-state index contributed by atoms with van der Waals surface area (Å²) < 4.78 is 0. The zero-order chi connectivity index (χ0) is 20.8. The molecule has 0 aliphatic rings. The van der Waals surface area contributed by atoms with E-state index in [0.717, 1.165) is 27.9 Å². The van der Waals surface area contributed by atoms with Gasteiger partial charge >= 0.3 is 0 Å². The van der Waals surface area contributed by atoms with Crippen molar-refractivity contribution in [1.29, 1.82) is 0 Å². The van der Waals surface area contributed by atoms with Crippen molar-refractivity contribution in [2.45, 2.75) is 40.7 Å². The summed E-state index contributed by atoms with van der Waals surface area (Å²) in [5.41, 5.74) is 5.27. The van der Waals surface area contributed by atoms with E-state index in [1.54, 1.807) is 25.1 Å². The largest absolute Gasteiger partial charge is 0.345 e. The van der Waals surface area contributed by atoms with E-state index in [1.807, 2.05) is 45.9 Å². The summed E-state index contributed by atoms with van der Waals surface area (Å²) in [6, 6.07) is 10.3. The van der Waals surface area contributed by atoms with Gasteiger partial charge in [-0.3, -0.25) is 14.4 Å². The molecule has 0 aliphatic heterocycles. The molecule has 3 N–H and O–H groups in total. The molecule has 0 heterocycles. The van der Waals surface area contributed by atoms with Crippen LogP contribution in [0.5, 0.6) is 0 Å². The Hall–Kier alpha value is -3.15. The minimum atomic E-state index is -0.761. The molecule has 0 fully saturated rings. The van der Waals surface area contributed by atoms with E-state index < -0.39 is 11.9 Å². The fourth-order valence-electron chi connectivity index (χ4n) is 3.01. The Kier molecular flexibility index (Phi) is 6.93. The molecule has 3 amide bonds. The normalized spacial score (nSPS) is 11.5. The lowest BCUT2D eigenvalue weighted by atomic mass is 10.1. The van der Waals surface area contributed by atoms with Crippen molar-refractivity contribution in [3.05, 3.63) is 64.2 Å². The van der Waals surface area contributed by atoms with Crippen LogP contribution in [0.3, 0.4) is 0 Å². The third-order valence-corrected chi connectivity index (χ3v) is 4.39. The Balaban J connectivity index is 1.87. The lowest BCUT2D eigenvalue weighted by molar-refractivity contribution is -0.125. The Bertz CT molecular complexity index is 883. The minimum Gasteiger partial charge on any atom is -0.345 e. The Morgan fingerprint density at radius 2 is 1.57 bits per heavy atom. The van der Waals surface area contributed by atoms with Crippen LogP contribution >= 0.6 is 0 Å². The second-order valence-electron chi connectivity index (χ2n) is 7.10. The average Bonchev–Trinajstić information content (AvgIpc) is 2.62. The first-order valence-corrected chi connectivity index (χ1v) is 9.20. The highest BCUT2D eigenvalue weighted by Gasteiger charge is 2.17. The quantitative estimate of drug-likeness (QED) is 0.719. The SMILES string of the molecule is Cc1cccc(C(=O)N[C@@H](C)C(=O)NCC(=O)Nc2c(C)cc(C)cc2C)c1. The van der Waals surface area contributed by atoms with Crippen LogP contribution in [0.1, 0.15) is 39.5 Å². The number of hydrogen-bond acceptors (Lipinski definition) is 3. The molecule has 28 heavy (non-hydrogen) atoms. The highest BCUT2D eigenvalue weighted by atomic mass is 16.2. The molecule has 0 unspecified atom stereocenters. The Morgan fingerprint density at radius 3 is 2.18 bits per heavy atom. The van der Waals surface area contributed by atoms with Crippen molar-refractivity contribution in [2.75, 3.05) is 11.9 Å². The number of aryl methyl sites for hydroxylation is 4. The number of hydrogen-bond donors (Lipinski definition) is 3. The molecule has 2 aromatic rings. The van der Waals surface area contributed by atoms with Gasteiger partial charge in [0.25, 0.3) is 5.91 Å². The maximum absolute atomic E-state index is 12.2. The number of benzene rings is 2. The predicted octanol–water partition coefficient (Wildman–Crippen LogP) is 2.79. The zero-order valence-electron chi connectivity index (χ0n) is 17.0. The summed E-state index contributed by atoms with van der Waals surface area (Å²) in [7, 11) is 0. The number of anilines is 1. The van der Waals surface area contributed by atoms with Gasteiger partial charge in [-0.15, -0.1) is 0 Å². The van der Waals surface area contributed by atoms with E-state index in [2.05, 4.69) is 16.0 Å². The Morgan fingerprint density at radius 1 is 0.929 bits per heavy atom. The fraction of sp³-hybridized carbons (Fsp3) is 0.318. The standard InChI is InChI=1S/C22H27N3O3/c1-13-7-6-8-18(11-13)22(28)24-17(5)21(27)23-12-19(26)25-20-15(3)9-14(2)10-16(20)4/h6-11,17H,12H2,1-5H3,(H,23,27)(H,24,28)(H,25,26)/t17-/m0/s1. The average molecular weight is 381 g/mol. The summed E-state index contributed by atoms with van der Waals surface area (Å²) in [6.07, 6.45) is 0. The van der Waals surface area contributed by atoms with Gasteiger partial charge in [0, 0.05) is 11.3 Å². The van der Waals surface area contributed by atoms with Crippen LogP contribution < -0.4 is 16.0 Å². The van der Waals surface area contributed by atoms with Gasteiger partial charge in [0.05, 0.1) is 6.54 Å². The lowest BCUT2D eigenvalue weighted by Gasteiger charge is -2.16. The monoisotopic (exact) mass is 381 g/mol. The molecule has 0 spiro atoms. The van der Waals surface area contributed by atoms with Crippen LogP contribution in [0.25, 0.3) is 0 Å². The fourth-order valence-corrected chi connectivity index (χ4v) is 3.01. The van der Waals surface area contributed by atoms with Gasteiger partial charge in [0.1, 0.15) is 6.04 Å². The molecule has 0 bridgehead atoms. The second-order valence-corrected chi connectivity index (χ2v) is 7.10. The lowest BCUT2D eigenvalue weighted by Crippen LogP contribution is -2.46. The van der Waals surface area contributed by atoms with Crippen LogP contribution in [0.2, 0.25) is 0 Å². The summed E-state index contributed by atoms with van der Waals surface area (Å²) >= 11 is 0. The molecule has 0 saturated heterocycles. The summed E-state index contributed by atoms with van der Waals surface area (Å²) in [5.74, 6) is -1.07. The first-order valence-electron chi connectivity index (χ1n) is 9.20. The first kappa shape index (κ1) is 21.2. The highest BCUT2D eigenvalue weighted by Crippen LogP contribution is 2.21. The van der Waals surface area contributed by atoms with Crippen molar-refractivity contribution < 1.29 is 14.4 Å². The molecule has 1 atom stereocenters. The molecule has 2 rings (SSSR count). The van der Waals surface area contributed by atoms with Gasteiger partial charge in [-0.1, -0.05) is 35.4 Å². The molecule has 0 saturated carbocycles. The third kappa shape index (κ3) is 5.67. The van der Waals surface area contributed by atoms with Gasteiger partial charge in [-0.2, -0.15) is 0 Å². The molecule has 0 aromatic heterocycles. The van der Waals surface area contributed by atoms with Crippen molar-refractivity contribution >= 4 is 23.4 Å². The van der Waals surface area contributed by atoms with Gasteiger partial charge in [0.15, 0.2) is 0 Å². The van der Waals surface area contributed by atoms with E-state index in [9.17, 15) is 14.4 Å². The van der Waals surface area contributed by atoms with E-state index in [4.69, 9.17) is 0 Å². The molecule has 0 aliphatic carbocycles. The number of nitrogens with one attached hydrogen (secondary N) is 3. The van der Waals surface area contributed by atoms with E-state index in [-0.39, 0.29) is 18.4 Å². The molecule has 0 radical (unpaired) electrons. The van der Waals surface area contributed by atoms with Gasteiger partial charge < -0.3 is 16.0 Å². The number of rotatable bonds is 6. The number of carbonyl (C=O) groups excluding carboxylic acids is 3. The van der Waals surface area contributed by atoms with Crippen LogP contribution in [0, 0.1) is 27.7 Å². The van der Waals surface area contributed by atoms with Crippen LogP contribution in [0.4, 0.5) is 5.69 Å². The van der Waals surface area contributed by atoms with Crippen molar-refractivity contribution in [3.63, 3.8) is 0 Å². The van der Waals surface area contributed by atoms with Gasteiger partial charge in [-0.05, 0) is 57.9 Å². The second kappa shape index (κ2) is 9.17. The molecular weight excluding hydrogens is 354 g/mol. The van der Waals surface area contributed by atoms with Gasteiger partial charge in [-0.25, -0.2) is 0 Å². The smallest absolute Gasteiger partial charge is 0.251 e. The molecule has 6 nitrogen and oxygen atoms in total. The first-order chi connectivity index (χ1) is 13.2. The van der Waals surface area contributed by atoms with Crippen LogP contribution in [-0.2, 0) is 9.59 Å². The maximum atomic E-state index is 12.2. The number of amides is 3. The molecule has 6 heteroatoms. The van der Waals surface area contributed by atoms with E-state index >= 15 is 0 Å². The molecular formula is C22H27N3O3. The minimum absolute atomic E-state index is 0.170. The number of carbonyl (C=O) groups is 3. The topological polar surface area (TPSA) is 87.3 Å². The van der Waals surface area contributed by atoms with Crippen molar-refractivity contribution in [3.8, 4) is 0 Å². The van der Waals surface area contributed by atoms with E-state index in [0.29, 0.717) is 5.56 Å².